The van der Waals surface area contributed by atoms with Gasteiger partial charge in [-0.1, -0.05) is 6.07 Å². The number of amides is 1. The lowest BCUT2D eigenvalue weighted by Crippen LogP contribution is -2.34. The highest BCUT2D eigenvalue weighted by Gasteiger charge is 2.14. The number of aliphatic hydroxyl groups excluding tert-OH is 1. The fraction of sp³-hybridized carbons (Fsp3) is 0.500. The summed E-state index contributed by atoms with van der Waals surface area (Å²) in [5, 5.41) is 9.27. The van der Waals surface area contributed by atoms with Gasteiger partial charge < -0.3 is 19.5 Å². The molecule has 106 valence electrons. The number of carbonyl (C=O) groups excluding carboxylic acids is 1. The second-order valence-corrected chi connectivity index (χ2v) is 4.48. The molecular formula is C14H21NO4. The summed E-state index contributed by atoms with van der Waals surface area (Å²) < 4.78 is 10.4. The third kappa shape index (κ3) is 4.44. The van der Waals surface area contributed by atoms with Crippen molar-refractivity contribution < 1.29 is 19.4 Å². The number of aliphatic hydroxyl groups is 1. The van der Waals surface area contributed by atoms with Crippen molar-refractivity contribution in [1.82, 2.24) is 4.90 Å². The second-order valence-electron chi connectivity index (χ2n) is 4.48. The highest BCUT2D eigenvalue weighted by Crippen LogP contribution is 2.25. The van der Waals surface area contributed by atoms with Gasteiger partial charge in [0.25, 0.3) is 0 Å². The maximum absolute atomic E-state index is 12.0. The lowest BCUT2D eigenvalue weighted by Gasteiger charge is -2.19. The van der Waals surface area contributed by atoms with Crippen molar-refractivity contribution in [3.8, 4) is 11.5 Å². The van der Waals surface area contributed by atoms with Gasteiger partial charge in [-0.05, 0) is 13.0 Å². The molecule has 0 radical (unpaired) electrons. The summed E-state index contributed by atoms with van der Waals surface area (Å²) in [6.07, 6.45) is -0.303. The molecule has 1 N–H and O–H groups in total. The van der Waals surface area contributed by atoms with Gasteiger partial charge in [-0.25, -0.2) is 0 Å². The molecule has 1 aromatic rings. The average Bonchev–Trinajstić information content (AvgIpc) is 2.38. The molecule has 1 amide bonds. The average molecular weight is 267 g/mol. The van der Waals surface area contributed by atoms with Crippen LogP contribution in [0.15, 0.2) is 18.2 Å². The van der Waals surface area contributed by atoms with E-state index in [0.717, 1.165) is 5.56 Å². The first kappa shape index (κ1) is 15.3. The van der Waals surface area contributed by atoms with Crippen molar-refractivity contribution in [3.63, 3.8) is 0 Å². The van der Waals surface area contributed by atoms with Gasteiger partial charge in [0, 0.05) is 25.2 Å². The molecule has 0 saturated heterocycles. The first-order valence-corrected chi connectivity index (χ1v) is 6.10. The first-order chi connectivity index (χ1) is 8.97. The Morgan fingerprint density at radius 2 is 2.05 bits per heavy atom. The topological polar surface area (TPSA) is 59.0 Å². The molecule has 0 bridgehead atoms. The van der Waals surface area contributed by atoms with Crippen LogP contribution in [-0.4, -0.2) is 49.8 Å². The summed E-state index contributed by atoms with van der Waals surface area (Å²) in [7, 11) is 4.81. The number of hydrogen-bond donors (Lipinski definition) is 1. The van der Waals surface area contributed by atoms with Crippen LogP contribution in [0.2, 0.25) is 0 Å². The molecule has 0 fully saturated rings. The van der Waals surface area contributed by atoms with E-state index in [1.807, 2.05) is 6.07 Å². The van der Waals surface area contributed by atoms with Crippen molar-refractivity contribution in [2.45, 2.75) is 19.4 Å². The van der Waals surface area contributed by atoms with Gasteiger partial charge in [0.15, 0.2) is 0 Å². The van der Waals surface area contributed by atoms with Crippen molar-refractivity contribution in [3.05, 3.63) is 23.8 Å². The lowest BCUT2D eigenvalue weighted by molar-refractivity contribution is -0.130. The van der Waals surface area contributed by atoms with E-state index in [-0.39, 0.29) is 12.3 Å². The van der Waals surface area contributed by atoms with Gasteiger partial charge in [-0.15, -0.1) is 0 Å². The Labute approximate surface area is 113 Å². The zero-order valence-corrected chi connectivity index (χ0v) is 11.8. The molecule has 1 aromatic carbocycles. The minimum Gasteiger partial charge on any atom is -0.497 e. The van der Waals surface area contributed by atoms with E-state index in [2.05, 4.69) is 0 Å². The maximum Gasteiger partial charge on any atom is 0.226 e. The second kappa shape index (κ2) is 6.99. The van der Waals surface area contributed by atoms with Crippen molar-refractivity contribution in [2.24, 2.45) is 0 Å². The third-order valence-electron chi connectivity index (χ3n) is 2.80. The quantitative estimate of drug-likeness (QED) is 0.838. The molecule has 0 aliphatic heterocycles. The smallest absolute Gasteiger partial charge is 0.226 e. The van der Waals surface area contributed by atoms with Crippen LogP contribution >= 0.6 is 0 Å². The Morgan fingerprint density at radius 3 is 2.58 bits per heavy atom. The Balaban J connectivity index is 2.78. The molecule has 0 aliphatic carbocycles. The van der Waals surface area contributed by atoms with E-state index in [1.54, 1.807) is 40.3 Å². The number of carbonyl (C=O) groups is 1. The van der Waals surface area contributed by atoms with Crippen LogP contribution < -0.4 is 9.47 Å². The van der Waals surface area contributed by atoms with E-state index in [9.17, 15) is 9.90 Å². The van der Waals surface area contributed by atoms with Crippen LogP contribution in [0.25, 0.3) is 0 Å². The van der Waals surface area contributed by atoms with Crippen molar-refractivity contribution >= 4 is 5.91 Å². The summed E-state index contributed by atoms with van der Waals surface area (Å²) in [5.41, 5.74) is 0.797. The summed E-state index contributed by atoms with van der Waals surface area (Å²) >= 11 is 0. The summed E-state index contributed by atoms with van der Waals surface area (Å²) in [4.78, 5) is 13.5. The SMILES string of the molecule is COc1ccc(CC(=O)N(C)CC(C)O)c(OC)c1. The molecule has 0 aliphatic rings. The van der Waals surface area contributed by atoms with Gasteiger partial charge >= 0.3 is 0 Å². The number of nitrogens with zero attached hydrogens (tertiary/aromatic N) is 1. The molecule has 5 heteroatoms. The number of hydrogen-bond acceptors (Lipinski definition) is 4. The zero-order chi connectivity index (χ0) is 14.4. The molecule has 1 rings (SSSR count). The lowest BCUT2D eigenvalue weighted by atomic mass is 10.1. The van der Waals surface area contributed by atoms with Gasteiger partial charge in [-0.3, -0.25) is 4.79 Å². The fourth-order valence-corrected chi connectivity index (χ4v) is 1.79. The van der Waals surface area contributed by atoms with Crippen molar-refractivity contribution in [1.29, 1.82) is 0 Å². The highest BCUT2D eigenvalue weighted by atomic mass is 16.5. The molecule has 0 saturated carbocycles. The predicted octanol–water partition coefficient (Wildman–Crippen LogP) is 1.09. The molecule has 0 heterocycles. The third-order valence-corrected chi connectivity index (χ3v) is 2.80. The molecule has 0 aromatic heterocycles. The van der Waals surface area contributed by atoms with Crippen LogP contribution in [0.1, 0.15) is 12.5 Å². The Bertz CT molecular complexity index is 431. The predicted molar refractivity (Wildman–Crippen MR) is 72.6 cm³/mol. The van der Waals surface area contributed by atoms with Crippen LogP contribution in [0.4, 0.5) is 0 Å². The number of methoxy groups -OCH3 is 2. The number of ether oxygens (including phenoxy) is 2. The van der Waals surface area contributed by atoms with Gasteiger partial charge in [-0.2, -0.15) is 0 Å². The van der Waals surface area contributed by atoms with E-state index in [0.29, 0.717) is 18.0 Å². The summed E-state index contributed by atoms with van der Waals surface area (Å²) in [6, 6.07) is 5.35. The normalized spacial score (nSPS) is 11.8. The number of likely N-dealkylation sites (N-methyl/N-ethyl adjacent to an activating group) is 1. The van der Waals surface area contributed by atoms with Crippen molar-refractivity contribution in [2.75, 3.05) is 27.8 Å². The maximum atomic E-state index is 12.0. The molecule has 0 spiro atoms. The number of rotatable bonds is 6. The van der Waals surface area contributed by atoms with Gasteiger partial charge in [0.2, 0.25) is 5.91 Å². The highest BCUT2D eigenvalue weighted by molar-refractivity contribution is 5.79. The van der Waals surface area contributed by atoms with Crippen LogP contribution in [-0.2, 0) is 11.2 Å². The molecule has 1 atom stereocenters. The first-order valence-electron chi connectivity index (χ1n) is 6.10. The molecular weight excluding hydrogens is 246 g/mol. The Hall–Kier alpha value is -1.75. The monoisotopic (exact) mass is 267 g/mol. The largest absolute Gasteiger partial charge is 0.497 e. The summed E-state index contributed by atoms with van der Waals surface area (Å²) in [5.74, 6) is 1.24. The minimum absolute atomic E-state index is 0.0654. The zero-order valence-electron chi connectivity index (χ0n) is 11.8. The Kier molecular flexibility index (Phi) is 5.63. The number of benzene rings is 1. The van der Waals surface area contributed by atoms with Crippen LogP contribution in [0, 0.1) is 0 Å². The van der Waals surface area contributed by atoms with Gasteiger partial charge in [0.1, 0.15) is 11.5 Å². The standard InChI is InChI=1S/C14H21NO4/c1-10(16)9-15(2)14(17)7-11-5-6-12(18-3)8-13(11)19-4/h5-6,8,10,16H,7,9H2,1-4H3. The van der Waals surface area contributed by atoms with E-state index in [4.69, 9.17) is 9.47 Å². The molecule has 1 unspecified atom stereocenters. The van der Waals surface area contributed by atoms with E-state index in [1.165, 1.54) is 4.90 Å². The fourth-order valence-electron chi connectivity index (χ4n) is 1.79. The van der Waals surface area contributed by atoms with E-state index >= 15 is 0 Å². The van der Waals surface area contributed by atoms with Crippen LogP contribution in [0.5, 0.6) is 11.5 Å². The van der Waals surface area contributed by atoms with E-state index < -0.39 is 6.10 Å². The molecule has 5 nitrogen and oxygen atoms in total. The van der Waals surface area contributed by atoms with Gasteiger partial charge in [0.05, 0.1) is 26.7 Å². The van der Waals surface area contributed by atoms with Crippen LogP contribution in [0.3, 0.4) is 0 Å². The Morgan fingerprint density at radius 1 is 1.37 bits per heavy atom. The molecule has 19 heavy (non-hydrogen) atoms. The summed E-state index contributed by atoms with van der Waals surface area (Å²) in [6.45, 7) is 1.97. The minimum atomic E-state index is -0.535.